The number of likely N-dealkylation sites (N-methyl/N-ethyl adjacent to an activating group) is 1. The first-order chi connectivity index (χ1) is 15.0. The Labute approximate surface area is 181 Å². The molecule has 0 unspecified atom stereocenters. The molecule has 2 N–H and O–H groups in total. The predicted molar refractivity (Wildman–Crippen MR) is 121 cm³/mol. The van der Waals surface area contributed by atoms with E-state index in [1.165, 1.54) is 4.90 Å². The lowest BCUT2D eigenvalue weighted by atomic mass is 10.1. The summed E-state index contributed by atoms with van der Waals surface area (Å²) in [4.78, 5) is 39.1. The molecule has 0 saturated heterocycles. The first kappa shape index (κ1) is 21.8. The molecule has 3 rings (SSSR count). The van der Waals surface area contributed by atoms with Crippen LogP contribution >= 0.6 is 0 Å². The Morgan fingerprint density at radius 2 is 1.42 bits per heavy atom. The van der Waals surface area contributed by atoms with E-state index in [-0.39, 0.29) is 30.3 Å². The van der Waals surface area contributed by atoms with E-state index in [9.17, 15) is 14.4 Å². The van der Waals surface area contributed by atoms with Crippen molar-refractivity contribution in [3.63, 3.8) is 0 Å². The normalized spacial score (nSPS) is 11.3. The van der Waals surface area contributed by atoms with E-state index in [2.05, 4.69) is 10.6 Å². The summed E-state index contributed by atoms with van der Waals surface area (Å²) in [5.74, 6) is -0.928. The summed E-state index contributed by atoms with van der Waals surface area (Å²) < 4.78 is 0. The number of carbonyl (C=O) groups excluding carboxylic acids is 3. The van der Waals surface area contributed by atoms with Gasteiger partial charge in [0.2, 0.25) is 5.91 Å². The fourth-order valence-electron chi connectivity index (χ4n) is 3.17. The molecule has 1 atom stereocenters. The van der Waals surface area contributed by atoms with Crippen LogP contribution in [-0.4, -0.2) is 36.2 Å². The molecule has 31 heavy (non-hydrogen) atoms. The van der Waals surface area contributed by atoms with E-state index in [0.29, 0.717) is 16.8 Å². The number of hydrogen-bond donors (Lipinski definition) is 2. The molecule has 6 nitrogen and oxygen atoms in total. The highest BCUT2D eigenvalue weighted by atomic mass is 16.2. The second-order valence-electron chi connectivity index (χ2n) is 7.23. The highest BCUT2D eigenvalue weighted by molar-refractivity contribution is 6.05. The van der Waals surface area contributed by atoms with Gasteiger partial charge >= 0.3 is 0 Å². The van der Waals surface area contributed by atoms with Crippen molar-refractivity contribution in [3.8, 4) is 0 Å². The topological polar surface area (TPSA) is 78.5 Å². The molecule has 0 aliphatic rings. The van der Waals surface area contributed by atoms with Crippen LogP contribution in [0.2, 0.25) is 0 Å². The number of hydrogen-bond acceptors (Lipinski definition) is 3. The lowest BCUT2D eigenvalue weighted by molar-refractivity contribution is -0.116. The third kappa shape index (κ3) is 5.79. The minimum absolute atomic E-state index is 0.135. The fourth-order valence-corrected chi connectivity index (χ4v) is 3.17. The Bertz CT molecular complexity index is 1050. The number of para-hydroxylation sites is 1. The average molecular weight is 415 g/mol. The monoisotopic (exact) mass is 415 g/mol. The number of rotatable bonds is 7. The third-order valence-electron chi connectivity index (χ3n) is 4.84. The van der Waals surface area contributed by atoms with Crippen molar-refractivity contribution in [2.45, 2.75) is 13.0 Å². The van der Waals surface area contributed by atoms with Gasteiger partial charge in [0.05, 0.1) is 23.8 Å². The second-order valence-corrected chi connectivity index (χ2v) is 7.23. The summed E-state index contributed by atoms with van der Waals surface area (Å²) in [5.41, 5.74) is 2.24. The summed E-state index contributed by atoms with van der Waals surface area (Å²) >= 11 is 0. The first-order valence-electron chi connectivity index (χ1n) is 10.0. The summed E-state index contributed by atoms with van der Waals surface area (Å²) in [5, 5.41) is 5.70. The van der Waals surface area contributed by atoms with Gasteiger partial charge in [-0.3, -0.25) is 14.4 Å². The molecule has 6 heteroatoms. The molecule has 3 aromatic carbocycles. The van der Waals surface area contributed by atoms with Crippen LogP contribution < -0.4 is 10.6 Å². The fraction of sp³-hybridized carbons (Fsp3) is 0.160. The molecule has 0 radical (unpaired) electrons. The number of carbonyl (C=O) groups is 3. The van der Waals surface area contributed by atoms with Crippen molar-refractivity contribution in [1.82, 2.24) is 10.2 Å². The van der Waals surface area contributed by atoms with Crippen LogP contribution in [0.5, 0.6) is 0 Å². The van der Waals surface area contributed by atoms with E-state index in [1.54, 1.807) is 55.6 Å². The Kier molecular flexibility index (Phi) is 7.17. The van der Waals surface area contributed by atoms with E-state index < -0.39 is 0 Å². The van der Waals surface area contributed by atoms with E-state index in [1.807, 2.05) is 43.3 Å². The van der Waals surface area contributed by atoms with Gasteiger partial charge in [-0.05, 0) is 36.8 Å². The lowest BCUT2D eigenvalue weighted by Gasteiger charge is -2.19. The van der Waals surface area contributed by atoms with Gasteiger partial charge in [-0.25, -0.2) is 0 Å². The zero-order valence-electron chi connectivity index (χ0n) is 17.5. The Morgan fingerprint density at radius 1 is 0.839 bits per heavy atom. The highest BCUT2D eigenvalue weighted by Gasteiger charge is 2.18. The predicted octanol–water partition coefficient (Wildman–Crippen LogP) is 3.89. The maximum atomic E-state index is 12.8. The first-order valence-corrected chi connectivity index (χ1v) is 10.0. The van der Waals surface area contributed by atoms with Gasteiger partial charge in [0.25, 0.3) is 11.8 Å². The Morgan fingerprint density at radius 3 is 2.10 bits per heavy atom. The van der Waals surface area contributed by atoms with Crippen LogP contribution in [0.4, 0.5) is 5.69 Å². The van der Waals surface area contributed by atoms with E-state index >= 15 is 0 Å². The number of benzene rings is 3. The molecule has 158 valence electrons. The van der Waals surface area contributed by atoms with Gasteiger partial charge in [0, 0.05) is 12.6 Å². The largest absolute Gasteiger partial charge is 0.345 e. The van der Waals surface area contributed by atoms with Gasteiger partial charge in [-0.15, -0.1) is 0 Å². The molecule has 0 spiro atoms. The minimum atomic E-state index is -0.386. The summed E-state index contributed by atoms with van der Waals surface area (Å²) in [6, 6.07) is 25.0. The van der Waals surface area contributed by atoms with Crippen molar-refractivity contribution < 1.29 is 14.4 Å². The zero-order valence-corrected chi connectivity index (χ0v) is 17.5. The number of anilines is 1. The van der Waals surface area contributed by atoms with Crippen molar-refractivity contribution in [1.29, 1.82) is 0 Å². The summed E-state index contributed by atoms with van der Waals surface area (Å²) in [7, 11) is 1.56. The Hall–Kier alpha value is -3.93. The standard InChI is InChI=1S/C25H25N3O3/c1-18(19-11-5-3-6-12-19)26-24(30)21-15-9-10-16-22(21)27-23(29)17-28(2)25(31)20-13-7-4-8-14-20/h3-16,18H,17H2,1-2H3,(H,26,30)(H,27,29)/t18-/m1/s1. The van der Waals surface area contributed by atoms with Crippen LogP contribution in [0.25, 0.3) is 0 Å². The van der Waals surface area contributed by atoms with Gasteiger partial charge in [-0.1, -0.05) is 60.7 Å². The van der Waals surface area contributed by atoms with Gasteiger partial charge in [-0.2, -0.15) is 0 Å². The number of nitrogens with one attached hydrogen (secondary N) is 2. The van der Waals surface area contributed by atoms with Crippen molar-refractivity contribution >= 4 is 23.4 Å². The molecule has 0 aromatic heterocycles. The quantitative estimate of drug-likeness (QED) is 0.615. The number of amides is 3. The van der Waals surface area contributed by atoms with Crippen molar-refractivity contribution in [2.75, 3.05) is 18.9 Å². The van der Waals surface area contributed by atoms with Crippen LogP contribution in [-0.2, 0) is 4.79 Å². The molecule has 0 bridgehead atoms. The molecule has 0 fully saturated rings. The number of nitrogens with zero attached hydrogens (tertiary/aromatic N) is 1. The van der Waals surface area contributed by atoms with Crippen LogP contribution in [0.3, 0.4) is 0 Å². The smallest absolute Gasteiger partial charge is 0.254 e. The zero-order chi connectivity index (χ0) is 22.2. The molecular weight excluding hydrogens is 390 g/mol. The SMILES string of the molecule is C[C@@H](NC(=O)c1ccccc1NC(=O)CN(C)C(=O)c1ccccc1)c1ccccc1. The molecule has 0 aliphatic heterocycles. The van der Waals surface area contributed by atoms with Crippen LogP contribution in [0, 0.1) is 0 Å². The van der Waals surface area contributed by atoms with Gasteiger partial charge in [0.15, 0.2) is 0 Å². The molecule has 0 aliphatic carbocycles. The second kappa shape index (κ2) is 10.2. The molecule has 3 aromatic rings. The minimum Gasteiger partial charge on any atom is -0.345 e. The molecule has 0 saturated carbocycles. The maximum Gasteiger partial charge on any atom is 0.254 e. The molecule has 0 heterocycles. The van der Waals surface area contributed by atoms with E-state index in [4.69, 9.17) is 0 Å². The van der Waals surface area contributed by atoms with Crippen molar-refractivity contribution in [2.24, 2.45) is 0 Å². The Balaban J connectivity index is 1.65. The van der Waals surface area contributed by atoms with Gasteiger partial charge < -0.3 is 15.5 Å². The molecule has 3 amide bonds. The molecular formula is C25H25N3O3. The average Bonchev–Trinajstić information content (AvgIpc) is 2.79. The van der Waals surface area contributed by atoms with E-state index in [0.717, 1.165) is 5.56 Å². The van der Waals surface area contributed by atoms with Crippen LogP contribution in [0.1, 0.15) is 39.2 Å². The highest BCUT2D eigenvalue weighted by Crippen LogP contribution is 2.18. The summed E-state index contributed by atoms with van der Waals surface area (Å²) in [6.07, 6.45) is 0. The summed E-state index contributed by atoms with van der Waals surface area (Å²) in [6.45, 7) is 1.77. The third-order valence-corrected chi connectivity index (χ3v) is 4.84. The maximum absolute atomic E-state index is 12.8. The lowest BCUT2D eigenvalue weighted by Crippen LogP contribution is -2.35. The van der Waals surface area contributed by atoms with Crippen molar-refractivity contribution in [3.05, 3.63) is 102 Å². The van der Waals surface area contributed by atoms with Crippen LogP contribution in [0.15, 0.2) is 84.9 Å². The van der Waals surface area contributed by atoms with Gasteiger partial charge in [0.1, 0.15) is 0 Å².